The standard InChI is InChI=1S/C13H12N4/c1-8-5-10(3-4-14-8)13-11-7-15-9(2)6-12(11)16-17-13/h3-7H,1-2H3,(H,16,17). The molecule has 4 heteroatoms. The minimum atomic E-state index is 0.929. The predicted molar refractivity (Wildman–Crippen MR) is 66.6 cm³/mol. The third-order valence-electron chi connectivity index (χ3n) is 2.75. The summed E-state index contributed by atoms with van der Waals surface area (Å²) in [4.78, 5) is 8.50. The molecule has 0 aliphatic carbocycles. The Morgan fingerprint density at radius 2 is 1.88 bits per heavy atom. The smallest absolute Gasteiger partial charge is 0.102 e. The Bertz CT molecular complexity index is 685. The first-order valence-corrected chi connectivity index (χ1v) is 5.48. The van der Waals surface area contributed by atoms with Crippen LogP contribution in [0.25, 0.3) is 22.2 Å². The van der Waals surface area contributed by atoms with Crippen LogP contribution < -0.4 is 0 Å². The summed E-state index contributed by atoms with van der Waals surface area (Å²) in [5, 5.41) is 8.43. The zero-order chi connectivity index (χ0) is 11.8. The highest BCUT2D eigenvalue weighted by atomic mass is 15.1. The van der Waals surface area contributed by atoms with Crippen molar-refractivity contribution in [2.75, 3.05) is 0 Å². The van der Waals surface area contributed by atoms with Crippen LogP contribution in [-0.4, -0.2) is 20.2 Å². The summed E-state index contributed by atoms with van der Waals surface area (Å²) in [6.07, 6.45) is 3.66. The molecule has 0 amide bonds. The topological polar surface area (TPSA) is 54.5 Å². The average molecular weight is 224 g/mol. The Labute approximate surface area is 98.7 Å². The fourth-order valence-corrected chi connectivity index (χ4v) is 1.93. The minimum absolute atomic E-state index is 0.929. The molecule has 0 bridgehead atoms. The second-order valence-electron chi connectivity index (χ2n) is 4.13. The van der Waals surface area contributed by atoms with Gasteiger partial charge in [-0.3, -0.25) is 15.1 Å². The number of nitrogens with zero attached hydrogens (tertiary/aromatic N) is 3. The van der Waals surface area contributed by atoms with E-state index in [4.69, 9.17) is 0 Å². The van der Waals surface area contributed by atoms with E-state index in [2.05, 4.69) is 20.2 Å². The van der Waals surface area contributed by atoms with Gasteiger partial charge in [-0.1, -0.05) is 0 Å². The molecular weight excluding hydrogens is 212 g/mol. The Balaban J connectivity index is 2.24. The van der Waals surface area contributed by atoms with Crippen molar-refractivity contribution in [3.63, 3.8) is 0 Å². The summed E-state index contributed by atoms with van der Waals surface area (Å²) in [7, 11) is 0. The summed E-state index contributed by atoms with van der Waals surface area (Å²) in [6, 6.07) is 5.98. The van der Waals surface area contributed by atoms with Gasteiger partial charge in [0.1, 0.15) is 5.69 Å². The molecule has 3 aromatic rings. The summed E-state index contributed by atoms with van der Waals surface area (Å²) in [5.74, 6) is 0. The van der Waals surface area contributed by atoms with Crippen LogP contribution in [0.2, 0.25) is 0 Å². The first kappa shape index (κ1) is 9.96. The molecule has 0 aliphatic rings. The quantitative estimate of drug-likeness (QED) is 0.691. The number of H-pyrrole nitrogens is 1. The summed E-state index contributed by atoms with van der Waals surface area (Å²) >= 11 is 0. The number of pyridine rings is 2. The number of aromatic nitrogens is 4. The molecule has 84 valence electrons. The molecule has 4 nitrogen and oxygen atoms in total. The lowest BCUT2D eigenvalue weighted by Crippen LogP contribution is -1.84. The first-order chi connectivity index (χ1) is 8.24. The van der Waals surface area contributed by atoms with Crippen molar-refractivity contribution in [1.29, 1.82) is 0 Å². The SMILES string of the molecule is Cc1cc(-c2n[nH]c3cc(C)ncc23)ccn1. The molecule has 0 aliphatic heterocycles. The number of hydrogen-bond donors (Lipinski definition) is 1. The van der Waals surface area contributed by atoms with Gasteiger partial charge < -0.3 is 0 Å². The van der Waals surface area contributed by atoms with E-state index in [0.717, 1.165) is 33.5 Å². The molecule has 0 saturated heterocycles. The number of fused-ring (bicyclic) bond motifs is 1. The molecule has 17 heavy (non-hydrogen) atoms. The molecule has 3 heterocycles. The first-order valence-electron chi connectivity index (χ1n) is 5.48. The van der Waals surface area contributed by atoms with Crippen LogP contribution in [0.4, 0.5) is 0 Å². The predicted octanol–water partition coefficient (Wildman–Crippen LogP) is 2.64. The second-order valence-corrected chi connectivity index (χ2v) is 4.13. The van der Waals surface area contributed by atoms with Crippen molar-refractivity contribution in [3.05, 3.63) is 42.0 Å². The van der Waals surface area contributed by atoms with Crippen LogP contribution in [0.15, 0.2) is 30.6 Å². The van der Waals surface area contributed by atoms with Gasteiger partial charge in [0.05, 0.1) is 5.52 Å². The normalized spacial score (nSPS) is 10.9. The van der Waals surface area contributed by atoms with Gasteiger partial charge in [-0.25, -0.2) is 0 Å². The third kappa shape index (κ3) is 1.67. The van der Waals surface area contributed by atoms with Gasteiger partial charge >= 0.3 is 0 Å². The van der Waals surface area contributed by atoms with Crippen molar-refractivity contribution < 1.29 is 0 Å². The largest absolute Gasteiger partial charge is 0.277 e. The Morgan fingerprint density at radius 3 is 2.71 bits per heavy atom. The highest BCUT2D eigenvalue weighted by Gasteiger charge is 2.08. The lowest BCUT2D eigenvalue weighted by molar-refractivity contribution is 1.11. The van der Waals surface area contributed by atoms with Gasteiger partial charge in [0.15, 0.2) is 0 Å². The molecule has 0 aromatic carbocycles. The highest BCUT2D eigenvalue weighted by Crippen LogP contribution is 2.25. The molecule has 0 radical (unpaired) electrons. The minimum Gasteiger partial charge on any atom is -0.277 e. The Morgan fingerprint density at radius 1 is 1.06 bits per heavy atom. The van der Waals surface area contributed by atoms with Crippen LogP contribution in [0.3, 0.4) is 0 Å². The molecule has 1 N–H and O–H groups in total. The fourth-order valence-electron chi connectivity index (χ4n) is 1.93. The van der Waals surface area contributed by atoms with Crippen molar-refractivity contribution >= 4 is 10.9 Å². The molecule has 0 saturated carbocycles. The van der Waals surface area contributed by atoms with Crippen LogP contribution in [0, 0.1) is 13.8 Å². The van der Waals surface area contributed by atoms with E-state index in [1.54, 1.807) is 6.20 Å². The van der Waals surface area contributed by atoms with E-state index in [0.29, 0.717) is 0 Å². The van der Waals surface area contributed by atoms with Crippen LogP contribution in [0.5, 0.6) is 0 Å². The Hall–Kier alpha value is -2.23. The number of aryl methyl sites for hydroxylation is 2. The number of rotatable bonds is 1. The lowest BCUT2D eigenvalue weighted by atomic mass is 10.1. The Kier molecular flexibility index (Phi) is 2.14. The van der Waals surface area contributed by atoms with E-state index < -0.39 is 0 Å². The maximum Gasteiger partial charge on any atom is 0.102 e. The van der Waals surface area contributed by atoms with E-state index in [1.165, 1.54) is 0 Å². The average Bonchev–Trinajstić information content (AvgIpc) is 2.71. The molecule has 0 spiro atoms. The van der Waals surface area contributed by atoms with Gasteiger partial charge in [0.25, 0.3) is 0 Å². The van der Waals surface area contributed by atoms with Crippen molar-refractivity contribution in [2.45, 2.75) is 13.8 Å². The zero-order valence-electron chi connectivity index (χ0n) is 9.73. The fraction of sp³-hybridized carbons (Fsp3) is 0.154. The maximum atomic E-state index is 4.35. The molecule has 0 atom stereocenters. The monoisotopic (exact) mass is 224 g/mol. The molecular formula is C13H12N4. The van der Waals surface area contributed by atoms with Crippen molar-refractivity contribution in [1.82, 2.24) is 20.2 Å². The van der Waals surface area contributed by atoms with E-state index in [1.807, 2.05) is 38.2 Å². The van der Waals surface area contributed by atoms with E-state index in [-0.39, 0.29) is 0 Å². The zero-order valence-corrected chi connectivity index (χ0v) is 9.73. The molecule has 3 aromatic heterocycles. The molecule has 0 fully saturated rings. The van der Waals surface area contributed by atoms with Crippen LogP contribution in [0.1, 0.15) is 11.4 Å². The molecule has 0 unspecified atom stereocenters. The lowest BCUT2D eigenvalue weighted by Gasteiger charge is -1.99. The summed E-state index contributed by atoms with van der Waals surface area (Å²) < 4.78 is 0. The van der Waals surface area contributed by atoms with Crippen LogP contribution in [-0.2, 0) is 0 Å². The summed E-state index contributed by atoms with van der Waals surface area (Å²) in [5.41, 5.74) is 4.98. The number of nitrogens with one attached hydrogen (secondary N) is 1. The molecule has 3 rings (SSSR count). The highest BCUT2D eigenvalue weighted by molar-refractivity contribution is 5.92. The van der Waals surface area contributed by atoms with Gasteiger partial charge in [-0.2, -0.15) is 5.10 Å². The van der Waals surface area contributed by atoms with E-state index in [9.17, 15) is 0 Å². The van der Waals surface area contributed by atoms with Gasteiger partial charge in [-0.15, -0.1) is 0 Å². The maximum absolute atomic E-state index is 4.35. The van der Waals surface area contributed by atoms with Crippen LogP contribution >= 0.6 is 0 Å². The van der Waals surface area contributed by atoms with Crippen molar-refractivity contribution in [2.24, 2.45) is 0 Å². The number of hydrogen-bond acceptors (Lipinski definition) is 3. The van der Waals surface area contributed by atoms with Gasteiger partial charge in [0.2, 0.25) is 0 Å². The second kappa shape index (κ2) is 3.66. The van der Waals surface area contributed by atoms with E-state index >= 15 is 0 Å². The van der Waals surface area contributed by atoms with Gasteiger partial charge in [0, 0.05) is 34.7 Å². The summed E-state index contributed by atoms with van der Waals surface area (Å²) in [6.45, 7) is 3.94. The number of aromatic amines is 1. The van der Waals surface area contributed by atoms with Crippen molar-refractivity contribution in [3.8, 4) is 11.3 Å². The third-order valence-corrected chi connectivity index (χ3v) is 2.75. The van der Waals surface area contributed by atoms with Gasteiger partial charge in [-0.05, 0) is 32.0 Å².